The Morgan fingerprint density at radius 1 is 1.59 bits per heavy atom. The summed E-state index contributed by atoms with van der Waals surface area (Å²) in [7, 11) is 0. The predicted octanol–water partition coefficient (Wildman–Crippen LogP) is 5.57. The highest BCUT2D eigenvalue weighted by molar-refractivity contribution is 14.1. The van der Waals surface area contributed by atoms with E-state index in [1.54, 1.807) is 11.1 Å². The second-order valence-corrected chi connectivity index (χ2v) is 6.96. The highest BCUT2D eigenvalue weighted by atomic mass is 127. The minimum Gasteiger partial charge on any atom is -0.0952 e. The van der Waals surface area contributed by atoms with Gasteiger partial charge in [-0.3, -0.25) is 0 Å². The summed E-state index contributed by atoms with van der Waals surface area (Å²) >= 11 is 2.46. The van der Waals surface area contributed by atoms with Gasteiger partial charge in [-0.25, -0.2) is 0 Å². The van der Waals surface area contributed by atoms with Crippen molar-refractivity contribution >= 4 is 22.6 Å². The van der Waals surface area contributed by atoms with Gasteiger partial charge in [0.15, 0.2) is 0 Å². The lowest BCUT2D eigenvalue weighted by Crippen LogP contribution is -2.21. The van der Waals surface area contributed by atoms with Crippen molar-refractivity contribution in [2.75, 3.05) is 0 Å². The quantitative estimate of drug-likeness (QED) is 0.576. The van der Waals surface area contributed by atoms with Crippen LogP contribution in [-0.4, -0.2) is 0 Å². The van der Waals surface area contributed by atoms with Crippen molar-refractivity contribution in [1.82, 2.24) is 0 Å². The topological polar surface area (TPSA) is 0 Å². The first-order valence-corrected chi connectivity index (χ1v) is 7.46. The Morgan fingerprint density at radius 2 is 2.29 bits per heavy atom. The van der Waals surface area contributed by atoms with Crippen LogP contribution in [0.3, 0.4) is 0 Å². The van der Waals surface area contributed by atoms with Gasteiger partial charge in [0.05, 0.1) is 0 Å². The van der Waals surface area contributed by atoms with E-state index in [9.17, 15) is 0 Å². The maximum absolute atomic E-state index is 4.38. The summed E-state index contributed by atoms with van der Waals surface area (Å²) in [6, 6.07) is 0. The Bertz CT molecular complexity index is 432. The third-order valence-electron chi connectivity index (χ3n) is 4.26. The summed E-state index contributed by atoms with van der Waals surface area (Å²) < 4.78 is 1.45. The Balaban J connectivity index is 2.34. The van der Waals surface area contributed by atoms with Crippen LogP contribution in [-0.2, 0) is 0 Å². The molecule has 0 radical (unpaired) electrons. The lowest BCUT2D eigenvalue weighted by molar-refractivity contribution is 0.338. The normalized spacial score (nSPS) is 27.6. The van der Waals surface area contributed by atoms with Crippen LogP contribution < -0.4 is 0 Å². The third-order valence-corrected chi connectivity index (χ3v) is 5.32. The molecule has 0 saturated heterocycles. The van der Waals surface area contributed by atoms with Crippen LogP contribution in [0.15, 0.2) is 45.1 Å². The summed E-state index contributed by atoms with van der Waals surface area (Å²) in [5.74, 6) is 0.582. The van der Waals surface area contributed by atoms with Gasteiger partial charge in [0.1, 0.15) is 0 Å². The number of halogens is 1. The molecule has 1 atom stereocenters. The molecule has 0 fully saturated rings. The van der Waals surface area contributed by atoms with Crippen molar-refractivity contribution in [3.63, 3.8) is 0 Å². The highest BCUT2D eigenvalue weighted by Crippen LogP contribution is 2.55. The largest absolute Gasteiger partial charge is 0.0952 e. The van der Waals surface area contributed by atoms with Crippen molar-refractivity contribution in [2.45, 2.75) is 40.0 Å². The Morgan fingerprint density at radius 3 is 2.88 bits per heavy atom. The van der Waals surface area contributed by atoms with Crippen LogP contribution in [0.25, 0.3) is 0 Å². The van der Waals surface area contributed by atoms with Gasteiger partial charge in [-0.05, 0) is 80.4 Å². The molecule has 0 nitrogen and oxygen atoms in total. The molecular weight excluding hydrogens is 319 g/mol. The van der Waals surface area contributed by atoms with Crippen LogP contribution in [0.2, 0.25) is 0 Å². The van der Waals surface area contributed by atoms with Gasteiger partial charge < -0.3 is 0 Å². The summed E-state index contributed by atoms with van der Waals surface area (Å²) in [5, 5.41) is 0. The van der Waals surface area contributed by atoms with E-state index in [0.717, 1.165) is 6.42 Å². The number of rotatable bonds is 2. The molecule has 2 aliphatic carbocycles. The van der Waals surface area contributed by atoms with E-state index in [4.69, 9.17) is 0 Å². The molecule has 0 saturated carbocycles. The lowest BCUT2D eigenvalue weighted by Gasteiger charge is -2.30. The smallest absolute Gasteiger partial charge is 0.00283 e. The van der Waals surface area contributed by atoms with Crippen molar-refractivity contribution in [3.05, 3.63) is 45.1 Å². The lowest BCUT2D eigenvalue weighted by atomic mass is 9.74. The van der Waals surface area contributed by atoms with Crippen molar-refractivity contribution < 1.29 is 0 Å². The maximum atomic E-state index is 4.38. The third kappa shape index (κ3) is 2.18. The Hall–Kier alpha value is -0.310. The van der Waals surface area contributed by atoms with Gasteiger partial charge in [-0.2, -0.15) is 0 Å². The monoisotopic (exact) mass is 340 g/mol. The van der Waals surface area contributed by atoms with E-state index < -0.39 is 0 Å². The maximum Gasteiger partial charge on any atom is -0.00283 e. The van der Waals surface area contributed by atoms with Gasteiger partial charge >= 0.3 is 0 Å². The van der Waals surface area contributed by atoms with E-state index in [-0.39, 0.29) is 5.41 Å². The second-order valence-electron chi connectivity index (χ2n) is 5.57. The fourth-order valence-electron chi connectivity index (χ4n) is 3.13. The molecular formula is C16H21I. The molecule has 2 rings (SSSR count). The van der Waals surface area contributed by atoms with Crippen LogP contribution >= 0.6 is 22.6 Å². The average Bonchev–Trinajstić information content (AvgIpc) is 2.51. The van der Waals surface area contributed by atoms with E-state index in [1.165, 1.54) is 22.0 Å². The molecule has 1 heteroatoms. The molecule has 0 N–H and O–H groups in total. The zero-order valence-corrected chi connectivity index (χ0v) is 13.2. The highest BCUT2D eigenvalue weighted by Gasteiger charge is 2.42. The molecule has 0 aliphatic heterocycles. The predicted molar refractivity (Wildman–Crippen MR) is 84.2 cm³/mol. The molecule has 17 heavy (non-hydrogen) atoms. The molecule has 0 spiro atoms. The van der Waals surface area contributed by atoms with E-state index >= 15 is 0 Å². The average molecular weight is 340 g/mol. The summed E-state index contributed by atoms with van der Waals surface area (Å²) in [6.45, 7) is 11.3. The van der Waals surface area contributed by atoms with Gasteiger partial charge in [0, 0.05) is 0 Å². The first kappa shape index (κ1) is 13.1. The fraction of sp³-hybridized carbons (Fsp3) is 0.500. The van der Waals surface area contributed by atoms with E-state index in [2.05, 4.69) is 68.2 Å². The summed E-state index contributed by atoms with van der Waals surface area (Å²) in [4.78, 5) is 0. The van der Waals surface area contributed by atoms with Crippen LogP contribution in [0.4, 0.5) is 0 Å². The minimum atomic E-state index is 0.253. The standard InChI is InChI=1S/C16H21I/c1-5-12(17)10-15-11(2)13-8-6-7-9-14(13)16(15,3)4/h5,7,9,15H,2,6,8,10H2,1,3-4H3/b12-5+. The molecule has 0 aromatic heterocycles. The minimum absolute atomic E-state index is 0.253. The molecule has 92 valence electrons. The Labute approximate surface area is 119 Å². The van der Waals surface area contributed by atoms with Crippen molar-refractivity contribution in [2.24, 2.45) is 11.3 Å². The summed E-state index contributed by atoms with van der Waals surface area (Å²) in [5.41, 5.74) is 4.73. The Kier molecular flexibility index (Phi) is 3.67. The van der Waals surface area contributed by atoms with Crippen LogP contribution in [0, 0.1) is 11.3 Å². The van der Waals surface area contributed by atoms with E-state index in [0.29, 0.717) is 5.92 Å². The van der Waals surface area contributed by atoms with E-state index in [1.807, 2.05) is 0 Å². The number of hydrogen-bond acceptors (Lipinski definition) is 0. The first-order valence-electron chi connectivity index (χ1n) is 6.38. The molecule has 0 aromatic carbocycles. The molecule has 2 aliphatic rings. The number of allylic oxidation sites excluding steroid dienone is 7. The van der Waals surface area contributed by atoms with Crippen molar-refractivity contribution in [1.29, 1.82) is 0 Å². The van der Waals surface area contributed by atoms with Gasteiger partial charge in [0.25, 0.3) is 0 Å². The van der Waals surface area contributed by atoms with Crippen LogP contribution in [0.1, 0.15) is 40.0 Å². The first-order chi connectivity index (χ1) is 7.98. The zero-order valence-electron chi connectivity index (χ0n) is 11.0. The van der Waals surface area contributed by atoms with Gasteiger partial charge in [-0.15, -0.1) is 0 Å². The van der Waals surface area contributed by atoms with Gasteiger partial charge in [-0.1, -0.05) is 38.7 Å². The molecule has 0 heterocycles. The molecule has 1 unspecified atom stereocenters. The van der Waals surface area contributed by atoms with Crippen molar-refractivity contribution in [3.8, 4) is 0 Å². The number of hydrogen-bond donors (Lipinski definition) is 0. The zero-order chi connectivity index (χ0) is 12.6. The molecule has 0 aromatic rings. The van der Waals surface area contributed by atoms with Gasteiger partial charge in [0.2, 0.25) is 0 Å². The molecule has 0 amide bonds. The second kappa shape index (κ2) is 4.75. The fourth-order valence-corrected chi connectivity index (χ4v) is 3.57. The summed E-state index contributed by atoms with van der Waals surface area (Å²) in [6.07, 6.45) is 10.4. The SMILES string of the molecule is C=C1C2=C(C=CCC2)C(C)(C)C1C/C(I)=C\C. The van der Waals surface area contributed by atoms with Crippen LogP contribution in [0.5, 0.6) is 0 Å². The molecule has 0 bridgehead atoms.